The Kier molecular flexibility index (Phi) is 6.81. The molecule has 0 spiro atoms. The fraction of sp³-hybridized carbons (Fsp3) is 0.304. The molecule has 4 rings (SSSR count). The Balaban J connectivity index is 1.82. The summed E-state index contributed by atoms with van der Waals surface area (Å²) in [5, 5.41) is 64.1. The van der Waals surface area contributed by atoms with Crippen LogP contribution in [0, 0.1) is 5.82 Å². The summed E-state index contributed by atoms with van der Waals surface area (Å²) in [6.45, 7) is -1.62. The van der Waals surface area contributed by atoms with Crippen LogP contribution in [0.25, 0.3) is 0 Å². The monoisotopic (exact) mass is 505 g/mol. The number of phenols is 1. The quantitative estimate of drug-likeness (QED) is 0.153. The number of hydroxylamine groups is 2. The third-order valence-corrected chi connectivity index (χ3v) is 6.13. The van der Waals surface area contributed by atoms with Gasteiger partial charge in [-0.2, -0.15) is 0 Å². The van der Waals surface area contributed by atoms with Crippen molar-refractivity contribution in [1.82, 2.24) is 14.6 Å². The highest BCUT2D eigenvalue weighted by Gasteiger charge is 2.70. The van der Waals surface area contributed by atoms with Crippen LogP contribution in [0.1, 0.15) is 16.7 Å². The number of nitrogens with one attached hydrogen (secondary N) is 1. The first-order valence-corrected chi connectivity index (χ1v) is 10.8. The number of rotatable bonds is 7. The summed E-state index contributed by atoms with van der Waals surface area (Å²) in [5.74, 6) is -4.20. The van der Waals surface area contributed by atoms with E-state index in [1.165, 1.54) is 42.5 Å². The van der Waals surface area contributed by atoms with E-state index in [-0.39, 0.29) is 33.9 Å². The van der Waals surface area contributed by atoms with E-state index >= 15 is 0 Å². The molecule has 0 amide bonds. The first kappa shape index (κ1) is 25.7. The lowest BCUT2D eigenvalue weighted by molar-refractivity contribution is -0.413. The van der Waals surface area contributed by atoms with Crippen LogP contribution in [0.15, 0.2) is 64.3 Å². The molecule has 1 aromatic heterocycles. The van der Waals surface area contributed by atoms with Crippen LogP contribution >= 0.6 is 0 Å². The Morgan fingerprint density at radius 2 is 1.69 bits per heavy atom. The van der Waals surface area contributed by atoms with Crippen molar-refractivity contribution in [2.24, 2.45) is 0 Å². The van der Waals surface area contributed by atoms with Crippen LogP contribution in [-0.4, -0.2) is 69.9 Å². The van der Waals surface area contributed by atoms with Crippen LogP contribution < -0.4 is 11.2 Å². The maximum atomic E-state index is 14.2. The number of hydrogen-bond donors (Lipinski definition) is 7. The number of phenolic OH excluding ortho intramolecular Hbond substituents is 1. The lowest BCUT2D eigenvalue weighted by atomic mass is 9.99. The maximum Gasteiger partial charge on any atom is 0.332 e. The van der Waals surface area contributed by atoms with E-state index in [4.69, 9.17) is 4.74 Å². The summed E-state index contributed by atoms with van der Waals surface area (Å²) in [6.07, 6.45) is -3.44. The lowest BCUT2D eigenvalue weighted by Gasteiger charge is -2.42. The summed E-state index contributed by atoms with van der Waals surface area (Å²) < 4.78 is 19.7. The zero-order valence-electron chi connectivity index (χ0n) is 18.7. The molecule has 1 aliphatic heterocycles. The average Bonchev–Trinajstić information content (AvgIpc) is 3.05. The van der Waals surface area contributed by atoms with Gasteiger partial charge in [0.05, 0.1) is 13.2 Å². The normalized spacial score (nSPS) is 26.0. The summed E-state index contributed by atoms with van der Waals surface area (Å²) in [7, 11) is 0. The smallest absolute Gasteiger partial charge is 0.332 e. The molecule has 3 aromatic rings. The molecule has 2 heterocycles. The molecular weight excluding hydrogens is 481 g/mol. The minimum Gasteiger partial charge on any atom is -0.508 e. The number of aromatic hydroxyl groups is 1. The molecule has 0 unspecified atom stereocenters. The van der Waals surface area contributed by atoms with Crippen LogP contribution in [-0.2, 0) is 23.6 Å². The number of aliphatic hydroxyl groups excluding tert-OH is 2. The number of halogens is 1. The molecule has 0 saturated carbocycles. The van der Waals surface area contributed by atoms with E-state index in [9.17, 15) is 44.7 Å². The SMILES string of the molecule is O=c1[nH]c(=O)n([C@]2(O)O[C@H](CO)[C@@H](O)[C@]2(O)N(O)Cc2ccccc2O)cc1Cc1ccccc1F. The van der Waals surface area contributed by atoms with Gasteiger partial charge in [0.1, 0.15) is 23.8 Å². The van der Waals surface area contributed by atoms with E-state index in [1.54, 1.807) is 0 Å². The Labute approximate surface area is 202 Å². The molecular formula is C23H24FN3O9. The zero-order chi connectivity index (χ0) is 26.3. The predicted octanol–water partition coefficient (Wildman–Crippen LogP) is -1.09. The highest BCUT2D eigenvalue weighted by Crippen LogP contribution is 2.43. The number of aromatic amines is 1. The number of aromatic nitrogens is 2. The van der Waals surface area contributed by atoms with Gasteiger partial charge in [-0.1, -0.05) is 36.4 Å². The van der Waals surface area contributed by atoms with Crippen molar-refractivity contribution >= 4 is 0 Å². The van der Waals surface area contributed by atoms with Gasteiger partial charge in [-0.25, -0.2) is 13.8 Å². The molecule has 0 bridgehead atoms. The molecule has 0 aliphatic carbocycles. The molecule has 1 fully saturated rings. The number of ether oxygens (including phenoxy) is 1. The van der Waals surface area contributed by atoms with Crippen molar-refractivity contribution in [2.75, 3.05) is 6.61 Å². The minimum absolute atomic E-state index is 0.0382. The number of benzene rings is 2. The summed E-state index contributed by atoms with van der Waals surface area (Å²) >= 11 is 0. The third-order valence-electron chi connectivity index (χ3n) is 6.13. The van der Waals surface area contributed by atoms with E-state index in [1.807, 2.05) is 4.98 Å². The van der Waals surface area contributed by atoms with Crippen molar-refractivity contribution in [1.29, 1.82) is 0 Å². The van der Waals surface area contributed by atoms with E-state index < -0.39 is 54.1 Å². The second-order valence-corrected chi connectivity index (χ2v) is 8.36. The molecule has 36 heavy (non-hydrogen) atoms. The summed E-state index contributed by atoms with van der Waals surface area (Å²) in [6, 6.07) is 11.2. The number of H-pyrrole nitrogens is 1. The molecule has 192 valence electrons. The second kappa shape index (κ2) is 9.55. The molecule has 13 heteroatoms. The van der Waals surface area contributed by atoms with E-state index in [0.29, 0.717) is 4.57 Å². The fourth-order valence-corrected chi connectivity index (χ4v) is 4.14. The highest BCUT2D eigenvalue weighted by molar-refractivity contribution is 5.32. The first-order chi connectivity index (χ1) is 17.0. The van der Waals surface area contributed by atoms with Crippen LogP contribution in [0.2, 0.25) is 0 Å². The largest absolute Gasteiger partial charge is 0.508 e. The van der Waals surface area contributed by atoms with Crippen LogP contribution in [0.4, 0.5) is 4.39 Å². The van der Waals surface area contributed by atoms with Gasteiger partial charge in [0, 0.05) is 23.7 Å². The van der Waals surface area contributed by atoms with Gasteiger partial charge in [-0.3, -0.25) is 9.78 Å². The lowest BCUT2D eigenvalue weighted by Crippen LogP contribution is -2.68. The zero-order valence-corrected chi connectivity index (χ0v) is 18.7. The highest BCUT2D eigenvalue weighted by atomic mass is 19.1. The van der Waals surface area contributed by atoms with Crippen molar-refractivity contribution in [3.63, 3.8) is 0 Å². The molecule has 0 radical (unpaired) electrons. The number of hydrogen-bond acceptors (Lipinski definition) is 10. The molecule has 2 aromatic carbocycles. The maximum absolute atomic E-state index is 14.2. The summed E-state index contributed by atoms with van der Waals surface area (Å²) in [5.41, 5.74) is -5.52. The second-order valence-electron chi connectivity index (χ2n) is 8.36. The third kappa shape index (κ3) is 4.12. The predicted molar refractivity (Wildman–Crippen MR) is 119 cm³/mol. The van der Waals surface area contributed by atoms with Gasteiger partial charge >= 0.3 is 11.6 Å². The Morgan fingerprint density at radius 1 is 1.06 bits per heavy atom. The van der Waals surface area contributed by atoms with Gasteiger partial charge < -0.3 is 35.5 Å². The van der Waals surface area contributed by atoms with Crippen molar-refractivity contribution < 1.29 is 39.9 Å². The molecule has 7 N–H and O–H groups in total. The fourth-order valence-electron chi connectivity index (χ4n) is 4.14. The minimum atomic E-state index is -3.27. The Bertz CT molecular complexity index is 1380. The number of aliphatic hydroxyl groups is 4. The van der Waals surface area contributed by atoms with E-state index in [2.05, 4.69) is 0 Å². The van der Waals surface area contributed by atoms with Gasteiger partial charge in [0.15, 0.2) is 0 Å². The van der Waals surface area contributed by atoms with Crippen LogP contribution in [0.3, 0.4) is 0 Å². The van der Waals surface area contributed by atoms with Gasteiger partial charge in [0.2, 0.25) is 5.72 Å². The summed E-state index contributed by atoms with van der Waals surface area (Å²) in [4.78, 5) is 27.1. The average molecular weight is 505 g/mol. The van der Waals surface area contributed by atoms with E-state index in [0.717, 1.165) is 12.3 Å². The standard InChI is InChI=1S/C23H24FN3O9/c24-16-7-3-1-5-13(16)9-15-10-26(21(32)25-20(15)31)23(34)22(33,19(30)18(12-28)36-23)27(35)11-14-6-2-4-8-17(14)29/h1-8,10,18-19,28-30,33-35H,9,11-12H2,(H,25,31,32)/t18-,19-,22-,23-/m1/s1. The van der Waals surface area contributed by atoms with Crippen molar-refractivity contribution in [3.05, 3.63) is 98.1 Å². The molecule has 1 saturated heterocycles. The van der Waals surface area contributed by atoms with Crippen molar-refractivity contribution in [2.45, 2.75) is 36.8 Å². The van der Waals surface area contributed by atoms with Gasteiger partial charge in [-0.15, -0.1) is 5.06 Å². The number of nitrogens with zero attached hydrogens (tertiary/aromatic N) is 2. The molecule has 12 nitrogen and oxygen atoms in total. The first-order valence-electron chi connectivity index (χ1n) is 10.8. The van der Waals surface area contributed by atoms with Crippen LogP contribution in [0.5, 0.6) is 5.75 Å². The van der Waals surface area contributed by atoms with Gasteiger partial charge in [-0.05, 0) is 17.7 Å². The molecule has 4 atom stereocenters. The topological polar surface area (TPSA) is 189 Å². The Morgan fingerprint density at radius 3 is 2.33 bits per heavy atom. The number of para-hydroxylation sites is 1. The Hall–Kier alpha value is -3.43. The van der Waals surface area contributed by atoms with Crippen molar-refractivity contribution in [3.8, 4) is 5.75 Å². The molecule has 1 aliphatic rings. The van der Waals surface area contributed by atoms with Gasteiger partial charge in [0.25, 0.3) is 5.56 Å².